The molecule has 2 nitrogen and oxygen atoms in total. The number of nitrogens with zero attached hydrogens (tertiary/aromatic N) is 1. The molecule has 1 saturated carbocycles. The van der Waals surface area contributed by atoms with Crippen molar-refractivity contribution in [3.05, 3.63) is 12.2 Å². The van der Waals surface area contributed by atoms with Gasteiger partial charge in [-0.15, -0.1) is 0 Å². The molecule has 1 aliphatic carbocycles. The van der Waals surface area contributed by atoms with Gasteiger partial charge in [-0.1, -0.05) is 13.5 Å². The van der Waals surface area contributed by atoms with Crippen molar-refractivity contribution in [2.45, 2.75) is 32.0 Å². The molecule has 0 aromatic heterocycles. The van der Waals surface area contributed by atoms with Gasteiger partial charge >= 0.3 is 6.18 Å². The number of hydrogen-bond acceptors (Lipinski definition) is 2. The van der Waals surface area contributed by atoms with Crippen LogP contribution in [0.4, 0.5) is 13.2 Å². The maximum atomic E-state index is 12.2. The largest absolute Gasteiger partial charge is 0.401 e. The molecule has 1 aliphatic rings. The number of likely N-dealkylation sites (N-methyl/N-ethyl adjacent to an activating group) is 1. The zero-order valence-corrected chi connectivity index (χ0v) is 9.61. The molecule has 0 spiro atoms. The minimum atomic E-state index is -4.12. The van der Waals surface area contributed by atoms with Crippen molar-refractivity contribution >= 4 is 0 Å². The van der Waals surface area contributed by atoms with E-state index in [-0.39, 0.29) is 0 Å². The van der Waals surface area contributed by atoms with Crippen LogP contribution in [0.15, 0.2) is 12.2 Å². The highest BCUT2D eigenvalue weighted by atomic mass is 19.4. The third kappa shape index (κ3) is 6.12. The van der Waals surface area contributed by atoms with E-state index in [2.05, 4.69) is 11.9 Å². The molecular weight excluding hydrogens is 217 g/mol. The van der Waals surface area contributed by atoms with Crippen molar-refractivity contribution in [1.29, 1.82) is 0 Å². The zero-order valence-electron chi connectivity index (χ0n) is 9.61. The van der Waals surface area contributed by atoms with Crippen molar-refractivity contribution in [2.24, 2.45) is 0 Å². The molecule has 0 heterocycles. The lowest BCUT2D eigenvalue weighted by Gasteiger charge is -2.23. The molecular formula is C11H19F3N2. The van der Waals surface area contributed by atoms with E-state index in [9.17, 15) is 13.2 Å². The third-order valence-corrected chi connectivity index (χ3v) is 2.52. The molecule has 0 aromatic rings. The van der Waals surface area contributed by atoms with E-state index >= 15 is 0 Å². The Bertz CT molecular complexity index is 234. The molecule has 0 aromatic carbocycles. The van der Waals surface area contributed by atoms with Gasteiger partial charge in [0.1, 0.15) is 0 Å². The second kappa shape index (κ2) is 5.68. The van der Waals surface area contributed by atoms with Gasteiger partial charge in [0.2, 0.25) is 0 Å². The van der Waals surface area contributed by atoms with Crippen LogP contribution in [-0.2, 0) is 0 Å². The molecule has 1 fully saturated rings. The Morgan fingerprint density at radius 1 is 1.44 bits per heavy atom. The lowest BCUT2D eigenvalue weighted by molar-refractivity contribution is -0.144. The van der Waals surface area contributed by atoms with Crippen molar-refractivity contribution in [3.63, 3.8) is 0 Å². The molecule has 1 N–H and O–H groups in total. The first-order valence-electron chi connectivity index (χ1n) is 5.60. The lowest BCUT2D eigenvalue weighted by atomic mass is 10.2. The number of hydrogen-bond donors (Lipinski definition) is 1. The van der Waals surface area contributed by atoms with Crippen molar-refractivity contribution in [2.75, 3.05) is 26.2 Å². The molecule has 0 amide bonds. The first-order valence-corrected chi connectivity index (χ1v) is 5.60. The topological polar surface area (TPSA) is 15.3 Å². The second-order valence-electron chi connectivity index (χ2n) is 4.32. The van der Waals surface area contributed by atoms with Crippen LogP contribution in [0, 0.1) is 0 Å². The Kier molecular flexibility index (Phi) is 4.80. The highest BCUT2D eigenvalue weighted by molar-refractivity contribution is 5.01. The highest BCUT2D eigenvalue weighted by Crippen LogP contribution is 2.19. The van der Waals surface area contributed by atoms with Crippen LogP contribution in [0.25, 0.3) is 0 Å². The van der Waals surface area contributed by atoms with E-state index < -0.39 is 12.7 Å². The van der Waals surface area contributed by atoms with Gasteiger partial charge in [0.15, 0.2) is 0 Å². The van der Waals surface area contributed by atoms with E-state index in [1.807, 2.05) is 0 Å². The van der Waals surface area contributed by atoms with Gasteiger partial charge in [0, 0.05) is 19.1 Å². The standard InChI is InChI=1S/C11H19F3N2/c1-3-16(8-11(12,13)14)7-9(2)6-15-10-4-5-10/h10,15H,2-8H2,1H3. The van der Waals surface area contributed by atoms with E-state index in [1.165, 1.54) is 17.7 Å². The predicted octanol–water partition coefficient (Wildman–Crippen LogP) is 2.18. The Labute approximate surface area is 94.5 Å². The van der Waals surface area contributed by atoms with Crippen LogP contribution in [-0.4, -0.2) is 43.3 Å². The third-order valence-electron chi connectivity index (χ3n) is 2.52. The fraction of sp³-hybridized carbons (Fsp3) is 0.818. The summed E-state index contributed by atoms with van der Waals surface area (Å²) in [6, 6.07) is 0.564. The summed E-state index contributed by atoms with van der Waals surface area (Å²) in [4.78, 5) is 1.36. The Morgan fingerprint density at radius 3 is 2.50 bits per heavy atom. The normalized spacial score (nSPS) is 16.8. The maximum absolute atomic E-state index is 12.2. The molecule has 0 atom stereocenters. The summed E-state index contributed by atoms with van der Waals surface area (Å²) in [5.41, 5.74) is 0.818. The summed E-state index contributed by atoms with van der Waals surface area (Å²) in [5, 5.41) is 3.24. The zero-order chi connectivity index (χ0) is 12.2. The fourth-order valence-electron chi connectivity index (χ4n) is 1.48. The number of alkyl halides is 3. The first kappa shape index (κ1) is 13.5. The van der Waals surface area contributed by atoms with Gasteiger partial charge in [-0.2, -0.15) is 13.2 Å². The van der Waals surface area contributed by atoms with Gasteiger partial charge in [-0.3, -0.25) is 4.90 Å². The fourth-order valence-corrected chi connectivity index (χ4v) is 1.48. The van der Waals surface area contributed by atoms with Crippen LogP contribution in [0.5, 0.6) is 0 Å². The molecule has 16 heavy (non-hydrogen) atoms. The summed E-state index contributed by atoms with van der Waals surface area (Å²) < 4.78 is 36.5. The van der Waals surface area contributed by atoms with E-state index in [4.69, 9.17) is 0 Å². The average molecular weight is 236 g/mol. The summed E-state index contributed by atoms with van der Waals surface area (Å²) in [5.74, 6) is 0. The Hall–Kier alpha value is -0.550. The maximum Gasteiger partial charge on any atom is 0.401 e. The molecule has 5 heteroatoms. The number of nitrogens with one attached hydrogen (secondary N) is 1. The van der Waals surface area contributed by atoms with Gasteiger partial charge in [0.05, 0.1) is 6.54 Å². The minimum Gasteiger partial charge on any atom is -0.310 e. The van der Waals surface area contributed by atoms with Crippen LogP contribution < -0.4 is 5.32 Å². The van der Waals surface area contributed by atoms with E-state index in [0.717, 1.165) is 5.57 Å². The van der Waals surface area contributed by atoms with E-state index in [1.54, 1.807) is 6.92 Å². The highest BCUT2D eigenvalue weighted by Gasteiger charge is 2.30. The second-order valence-corrected chi connectivity index (χ2v) is 4.32. The molecule has 0 bridgehead atoms. The average Bonchev–Trinajstić information content (AvgIpc) is 2.95. The summed E-state index contributed by atoms with van der Waals surface area (Å²) in [7, 11) is 0. The predicted molar refractivity (Wildman–Crippen MR) is 58.3 cm³/mol. The number of rotatable bonds is 7. The molecule has 0 unspecified atom stereocenters. The first-order chi connectivity index (χ1) is 7.40. The van der Waals surface area contributed by atoms with Crippen LogP contribution in [0.3, 0.4) is 0 Å². The smallest absolute Gasteiger partial charge is 0.310 e. The quantitative estimate of drug-likeness (QED) is 0.682. The minimum absolute atomic E-state index is 0.315. The van der Waals surface area contributed by atoms with Crippen molar-refractivity contribution in [3.8, 4) is 0 Å². The summed E-state index contributed by atoms with van der Waals surface area (Å²) in [6.07, 6.45) is -1.78. The molecule has 1 rings (SSSR count). The number of halogens is 3. The van der Waals surface area contributed by atoms with Gasteiger partial charge in [0.25, 0.3) is 0 Å². The molecule has 94 valence electrons. The SMILES string of the molecule is C=C(CNC1CC1)CN(CC)CC(F)(F)F. The Morgan fingerprint density at radius 2 is 2.06 bits per heavy atom. The lowest BCUT2D eigenvalue weighted by Crippen LogP contribution is -2.36. The summed E-state index contributed by atoms with van der Waals surface area (Å²) in [6.45, 7) is 6.01. The van der Waals surface area contributed by atoms with E-state index in [0.29, 0.717) is 25.7 Å². The van der Waals surface area contributed by atoms with Gasteiger partial charge < -0.3 is 5.32 Å². The van der Waals surface area contributed by atoms with Crippen LogP contribution in [0.1, 0.15) is 19.8 Å². The van der Waals surface area contributed by atoms with Crippen molar-refractivity contribution < 1.29 is 13.2 Å². The van der Waals surface area contributed by atoms with Gasteiger partial charge in [-0.25, -0.2) is 0 Å². The van der Waals surface area contributed by atoms with Gasteiger partial charge in [-0.05, 0) is 25.0 Å². The molecule has 0 saturated heterocycles. The van der Waals surface area contributed by atoms with Crippen LogP contribution in [0.2, 0.25) is 0 Å². The monoisotopic (exact) mass is 236 g/mol. The summed E-state index contributed by atoms with van der Waals surface area (Å²) >= 11 is 0. The molecule has 0 radical (unpaired) electrons. The molecule has 0 aliphatic heterocycles. The van der Waals surface area contributed by atoms with Crippen LogP contribution >= 0.6 is 0 Å². The Balaban J connectivity index is 2.22. The van der Waals surface area contributed by atoms with Crippen molar-refractivity contribution in [1.82, 2.24) is 10.2 Å².